The highest BCUT2D eigenvalue weighted by atomic mass is 79.9. The van der Waals surface area contributed by atoms with Gasteiger partial charge in [-0.2, -0.15) is 0 Å². The topological polar surface area (TPSA) is 49.7 Å². The summed E-state index contributed by atoms with van der Waals surface area (Å²) >= 11 is 3.31. The van der Waals surface area contributed by atoms with Gasteiger partial charge in [-0.05, 0) is 33.6 Å². The van der Waals surface area contributed by atoms with Gasteiger partial charge >= 0.3 is 7.12 Å². The number of hydrogen-bond donors (Lipinski definition) is 2. The highest BCUT2D eigenvalue weighted by Crippen LogP contribution is 2.25. The van der Waals surface area contributed by atoms with Gasteiger partial charge in [-0.15, -0.1) is 0 Å². The molecule has 0 aliphatic rings. The molecule has 0 saturated carbocycles. The van der Waals surface area contributed by atoms with Crippen molar-refractivity contribution in [3.8, 4) is 5.75 Å². The number of ether oxygens (including phenoxy) is 1. The van der Waals surface area contributed by atoms with E-state index in [1.54, 1.807) is 25.3 Å². The van der Waals surface area contributed by atoms with Gasteiger partial charge in [0.2, 0.25) is 0 Å². The zero-order chi connectivity index (χ0) is 9.84. The maximum Gasteiger partial charge on any atom is 0.456 e. The number of benzene rings is 1. The van der Waals surface area contributed by atoms with E-state index >= 15 is 0 Å². The highest BCUT2D eigenvalue weighted by Gasteiger charge is 2.09. The molecule has 0 spiro atoms. The number of methoxy groups -OCH3 is 1. The van der Waals surface area contributed by atoms with Gasteiger partial charge in [-0.25, -0.2) is 0 Å². The van der Waals surface area contributed by atoms with Crippen molar-refractivity contribution in [2.45, 2.75) is 6.32 Å². The van der Waals surface area contributed by atoms with E-state index in [1.807, 2.05) is 0 Å². The molecule has 70 valence electrons. The van der Waals surface area contributed by atoms with Crippen molar-refractivity contribution in [2.24, 2.45) is 0 Å². The Bertz CT molecular complexity index is 291. The van der Waals surface area contributed by atoms with Gasteiger partial charge in [-0.1, -0.05) is 6.07 Å². The number of rotatable bonds is 3. The minimum atomic E-state index is -1.31. The van der Waals surface area contributed by atoms with Crippen molar-refractivity contribution in [1.29, 1.82) is 0 Å². The summed E-state index contributed by atoms with van der Waals surface area (Å²) in [4.78, 5) is 0. The summed E-state index contributed by atoms with van der Waals surface area (Å²) in [6.45, 7) is 0. The van der Waals surface area contributed by atoms with Gasteiger partial charge in [0.1, 0.15) is 5.75 Å². The fourth-order valence-corrected chi connectivity index (χ4v) is 1.64. The third-order valence-electron chi connectivity index (χ3n) is 1.63. The molecule has 0 atom stereocenters. The van der Waals surface area contributed by atoms with Crippen LogP contribution in [0, 0.1) is 0 Å². The van der Waals surface area contributed by atoms with Crippen molar-refractivity contribution < 1.29 is 14.8 Å². The second kappa shape index (κ2) is 4.65. The summed E-state index contributed by atoms with van der Waals surface area (Å²) in [7, 11) is 0.279. The molecule has 2 N–H and O–H groups in total. The SMILES string of the molecule is COc1ccc(CB(O)O)cc1Br. The van der Waals surface area contributed by atoms with Crippen LogP contribution < -0.4 is 4.74 Å². The van der Waals surface area contributed by atoms with Crippen LogP contribution in [0.3, 0.4) is 0 Å². The summed E-state index contributed by atoms with van der Waals surface area (Å²) in [5.41, 5.74) is 0.850. The van der Waals surface area contributed by atoms with Crippen LogP contribution in [0.2, 0.25) is 0 Å². The maximum absolute atomic E-state index is 8.73. The first-order valence-corrected chi connectivity index (χ1v) is 4.61. The van der Waals surface area contributed by atoms with Crippen molar-refractivity contribution in [3.63, 3.8) is 0 Å². The summed E-state index contributed by atoms with van der Waals surface area (Å²) in [5, 5.41) is 17.5. The Kier molecular flexibility index (Phi) is 3.78. The van der Waals surface area contributed by atoms with E-state index in [2.05, 4.69) is 15.9 Å². The highest BCUT2D eigenvalue weighted by molar-refractivity contribution is 9.10. The van der Waals surface area contributed by atoms with E-state index in [-0.39, 0.29) is 6.32 Å². The van der Waals surface area contributed by atoms with Gasteiger partial charge < -0.3 is 14.8 Å². The molecule has 0 saturated heterocycles. The lowest BCUT2D eigenvalue weighted by molar-refractivity contribution is 0.404. The Hall–Kier alpha value is -0.515. The quantitative estimate of drug-likeness (QED) is 0.781. The minimum Gasteiger partial charge on any atom is -0.496 e. The Morgan fingerprint density at radius 2 is 2.15 bits per heavy atom. The molecule has 1 aromatic rings. The maximum atomic E-state index is 8.73. The van der Waals surface area contributed by atoms with Crippen LogP contribution in [0.15, 0.2) is 22.7 Å². The Balaban J connectivity index is 2.83. The Morgan fingerprint density at radius 3 is 2.62 bits per heavy atom. The Labute approximate surface area is 85.6 Å². The van der Waals surface area contributed by atoms with Crippen LogP contribution in [0.25, 0.3) is 0 Å². The van der Waals surface area contributed by atoms with Gasteiger partial charge in [0.05, 0.1) is 11.6 Å². The molecule has 0 unspecified atom stereocenters. The smallest absolute Gasteiger partial charge is 0.456 e. The number of hydrogen-bond acceptors (Lipinski definition) is 3. The van der Waals surface area contributed by atoms with E-state index in [4.69, 9.17) is 14.8 Å². The fraction of sp³-hybridized carbons (Fsp3) is 0.250. The molecule has 13 heavy (non-hydrogen) atoms. The lowest BCUT2D eigenvalue weighted by Crippen LogP contribution is -2.15. The molecule has 5 heteroatoms. The average Bonchev–Trinajstić information content (AvgIpc) is 2.03. The van der Waals surface area contributed by atoms with Crippen LogP contribution in [0.1, 0.15) is 5.56 Å². The van der Waals surface area contributed by atoms with Crippen LogP contribution in [-0.4, -0.2) is 24.3 Å². The molecule has 0 bridgehead atoms. The number of halogens is 1. The first kappa shape index (κ1) is 10.6. The second-order valence-corrected chi connectivity index (χ2v) is 3.51. The molecule has 0 aliphatic carbocycles. The largest absolute Gasteiger partial charge is 0.496 e. The first-order chi connectivity index (χ1) is 6.13. The van der Waals surface area contributed by atoms with Crippen LogP contribution in [0.5, 0.6) is 5.75 Å². The predicted molar refractivity (Wildman–Crippen MR) is 54.6 cm³/mol. The standard InChI is InChI=1S/C8H10BBrO3/c1-13-8-3-2-6(4-7(8)10)5-9(11)12/h2-4,11-12H,5H2,1H3. The molecule has 0 heterocycles. The first-order valence-electron chi connectivity index (χ1n) is 3.82. The lowest BCUT2D eigenvalue weighted by Gasteiger charge is -2.05. The van der Waals surface area contributed by atoms with Gasteiger partial charge in [0.25, 0.3) is 0 Å². The van der Waals surface area contributed by atoms with Gasteiger partial charge in [0, 0.05) is 6.32 Å². The van der Waals surface area contributed by atoms with E-state index in [0.717, 1.165) is 15.8 Å². The Morgan fingerprint density at radius 1 is 1.46 bits per heavy atom. The molecule has 1 aromatic carbocycles. The average molecular weight is 245 g/mol. The van der Waals surface area contributed by atoms with E-state index in [9.17, 15) is 0 Å². The van der Waals surface area contributed by atoms with Crippen molar-refractivity contribution in [2.75, 3.05) is 7.11 Å². The molecule has 0 amide bonds. The summed E-state index contributed by atoms with van der Waals surface area (Å²) in [5.74, 6) is 0.733. The van der Waals surface area contributed by atoms with Crippen LogP contribution >= 0.6 is 15.9 Å². The lowest BCUT2D eigenvalue weighted by atomic mass is 9.82. The molecular formula is C8H10BBrO3. The van der Waals surface area contributed by atoms with Gasteiger partial charge in [-0.3, -0.25) is 0 Å². The van der Waals surface area contributed by atoms with E-state index < -0.39 is 7.12 Å². The third-order valence-corrected chi connectivity index (χ3v) is 2.25. The summed E-state index contributed by atoms with van der Waals surface area (Å²) in [6.07, 6.45) is 0.225. The molecule has 1 rings (SSSR count). The predicted octanol–water partition coefficient (Wildman–Crippen LogP) is 1.01. The van der Waals surface area contributed by atoms with Crippen molar-refractivity contribution in [1.82, 2.24) is 0 Å². The van der Waals surface area contributed by atoms with E-state index in [0.29, 0.717) is 0 Å². The van der Waals surface area contributed by atoms with E-state index in [1.165, 1.54) is 0 Å². The van der Waals surface area contributed by atoms with Crippen LogP contribution in [0.4, 0.5) is 0 Å². The minimum absolute atomic E-state index is 0.225. The monoisotopic (exact) mass is 244 g/mol. The molecular weight excluding hydrogens is 235 g/mol. The molecule has 3 nitrogen and oxygen atoms in total. The normalized spacial score (nSPS) is 9.85. The van der Waals surface area contributed by atoms with Crippen LogP contribution in [-0.2, 0) is 6.32 Å². The zero-order valence-corrected chi connectivity index (χ0v) is 8.78. The van der Waals surface area contributed by atoms with Crippen molar-refractivity contribution >= 4 is 23.0 Å². The molecule has 0 fully saturated rings. The molecule has 0 aliphatic heterocycles. The summed E-state index contributed by atoms with van der Waals surface area (Å²) in [6, 6.07) is 5.38. The van der Waals surface area contributed by atoms with Crippen molar-refractivity contribution in [3.05, 3.63) is 28.2 Å². The molecule has 0 aromatic heterocycles. The summed E-state index contributed by atoms with van der Waals surface area (Å²) < 4.78 is 5.85. The molecule has 0 radical (unpaired) electrons. The third kappa shape index (κ3) is 3.02. The van der Waals surface area contributed by atoms with Gasteiger partial charge in [0.15, 0.2) is 0 Å². The zero-order valence-electron chi connectivity index (χ0n) is 7.20. The fourth-order valence-electron chi connectivity index (χ4n) is 1.05. The second-order valence-electron chi connectivity index (χ2n) is 2.65.